The van der Waals surface area contributed by atoms with Gasteiger partial charge < -0.3 is 4.90 Å². The summed E-state index contributed by atoms with van der Waals surface area (Å²) in [4.78, 5) is 2.16. The minimum absolute atomic E-state index is 0.152. The van der Waals surface area contributed by atoms with Gasteiger partial charge in [0.15, 0.2) is 0 Å². The first kappa shape index (κ1) is 11.5. The molecule has 0 N–H and O–H groups in total. The Bertz CT molecular complexity index is 310. The summed E-state index contributed by atoms with van der Waals surface area (Å²) in [5, 5.41) is 0. The van der Waals surface area contributed by atoms with E-state index in [-0.39, 0.29) is 5.82 Å². The predicted molar refractivity (Wildman–Crippen MR) is 62.8 cm³/mol. The lowest BCUT2D eigenvalue weighted by molar-refractivity contribution is 0.623. The second kappa shape index (κ2) is 4.78. The maximum atomic E-state index is 13.5. The lowest BCUT2D eigenvalue weighted by Crippen LogP contribution is -2.11. The van der Waals surface area contributed by atoms with E-state index >= 15 is 0 Å². The molecule has 78 valence electrons. The largest absolute Gasteiger partial charge is 0.375 e. The van der Waals surface area contributed by atoms with Gasteiger partial charge in [-0.3, -0.25) is 0 Å². The van der Waals surface area contributed by atoms with Crippen LogP contribution < -0.4 is 4.90 Å². The molecule has 0 radical (unpaired) electrons. The molecule has 0 fully saturated rings. The standard InChI is InChI=1S/C11H15BrFN/c1-8(12)6-9-4-5-11(14(2)3)10(13)7-9/h4-5,7-8H,6H2,1-3H3. The highest BCUT2D eigenvalue weighted by Gasteiger charge is 2.06. The van der Waals surface area contributed by atoms with Crippen LogP contribution in [0.1, 0.15) is 12.5 Å². The molecule has 0 aromatic heterocycles. The van der Waals surface area contributed by atoms with Crippen molar-refractivity contribution in [3.63, 3.8) is 0 Å². The lowest BCUT2D eigenvalue weighted by Gasteiger charge is -2.14. The van der Waals surface area contributed by atoms with E-state index < -0.39 is 0 Å². The molecule has 0 aliphatic rings. The third-order valence-corrected chi connectivity index (χ3v) is 2.33. The van der Waals surface area contributed by atoms with Gasteiger partial charge in [-0.05, 0) is 24.1 Å². The SMILES string of the molecule is CC(Br)Cc1ccc(N(C)C)c(F)c1. The van der Waals surface area contributed by atoms with Gasteiger partial charge in [0.25, 0.3) is 0 Å². The maximum Gasteiger partial charge on any atom is 0.146 e. The van der Waals surface area contributed by atoms with E-state index in [1.165, 1.54) is 0 Å². The lowest BCUT2D eigenvalue weighted by atomic mass is 10.1. The zero-order valence-corrected chi connectivity index (χ0v) is 10.3. The highest BCUT2D eigenvalue weighted by Crippen LogP contribution is 2.19. The first-order valence-electron chi connectivity index (χ1n) is 4.60. The Morgan fingerprint density at radius 2 is 2.07 bits per heavy atom. The highest BCUT2D eigenvalue weighted by molar-refractivity contribution is 9.09. The van der Waals surface area contributed by atoms with Crippen LogP contribution in [0, 0.1) is 5.82 Å². The number of anilines is 1. The normalized spacial score (nSPS) is 12.6. The average molecular weight is 260 g/mol. The third-order valence-electron chi connectivity index (χ3n) is 2.01. The molecule has 0 spiro atoms. The number of halogens is 2. The Kier molecular flexibility index (Phi) is 3.93. The van der Waals surface area contributed by atoms with Crippen LogP contribution in [-0.2, 0) is 6.42 Å². The summed E-state index contributed by atoms with van der Waals surface area (Å²) in [6, 6.07) is 5.39. The molecule has 0 heterocycles. The van der Waals surface area contributed by atoms with Crippen LogP contribution in [-0.4, -0.2) is 18.9 Å². The van der Waals surface area contributed by atoms with E-state index in [4.69, 9.17) is 0 Å². The molecule has 1 aromatic carbocycles. The summed E-state index contributed by atoms with van der Waals surface area (Å²) in [5.41, 5.74) is 1.66. The van der Waals surface area contributed by atoms with Crippen LogP contribution in [0.2, 0.25) is 0 Å². The summed E-state index contributed by atoms with van der Waals surface area (Å²) < 4.78 is 13.5. The molecule has 14 heavy (non-hydrogen) atoms. The molecule has 0 saturated heterocycles. The minimum Gasteiger partial charge on any atom is -0.375 e. The van der Waals surface area contributed by atoms with Crippen molar-refractivity contribution < 1.29 is 4.39 Å². The van der Waals surface area contributed by atoms with E-state index in [2.05, 4.69) is 22.9 Å². The van der Waals surface area contributed by atoms with Crippen LogP contribution in [0.5, 0.6) is 0 Å². The zero-order chi connectivity index (χ0) is 10.7. The van der Waals surface area contributed by atoms with Crippen LogP contribution in [0.25, 0.3) is 0 Å². The van der Waals surface area contributed by atoms with Crippen molar-refractivity contribution in [3.8, 4) is 0 Å². The van der Waals surface area contributed by atoms with Gasteiger partial charge in [0, 0.05) is 18.9 Å². The molecule has 0 saturated carbocycles. The molecule has 1 rings (SSSR count). The summed E-state index contributed by atoms with van der Waals surface area (Å²) >= 11 is 3.45. The van der Waals surface area contributed by atoms with E-state index in [9.17, 15) is 4.39 Å². The molecule has 0 aliphatic carbocycles. The van der Waals surface area contributed by atoms with E-state index in [1.54, 1.807) is 11.0 Å². The van der Waals surface area contributed by atoms with Gasteiger partial charge in [0.05, 0.1) is 5.69 Å². The second-order valence-corrected chi connectivity index (χ2v) is 5.23. The molecule has 1 unspecified atom stereocenters. The number of nitrogens with zero attached hydrogens (tertiary/aromatic N) is 1. The number of alkyl halides is 1. The van der Waals surface area contributed by atoms with Crippen LogP contribution in [0.3, 0.4) is 0 Å². The number of benzene rings is 1. The molecule has 1 atom stereocenters. The summed E-state index contributed by atoms with van der Waals surface area (Å²) in [6.45, 7) is 2.05. The summed E-state index contributed by atoms with van der Waals surface area (Å²) in [7, 11) is 3.68. The quantitative estimate of drug-likeness (QED) is 0.754. The number of hydrogen-bond donors (Lipinski definition) is 0. The second-order valence-electron chi connectivity index (χ2n) is 3.67. The van der Waals surface area contributed by atoms with Crippen molar-refractivity contribution in [3.05, 3.63) is 29.6 Å². The molecule has 0 bridgehead atoms. The number of hydrogen-bond acceptors (Lipinski definition) is 1. The van der Waals surface area contributed by atoms with Crippen LogP contribution in [0.15, 0.2) is 18.2 Å². The fourth-order valence-electron chi connectivity index (χ4n) is 1.36. The van der Waals surface area contributed by atoms with Gasteiger partial charge in [-0.25, -0.2) is 4.39 Å². The average Bonchev–Trinajstić information content (AvgIpc) is 2.01. The Hall–Kier alpha value is -0.570. The first-order chi connectivity index (χ1) is 6.50. The van der Waals surface area contributed by atoms with Gasteiger partial charge in [-0.1, -0.05) is 28.9 Å². The predicted octanol–water partition coefficient (Wildman–Crippen LogP) is 3.22. The van der Waals surface area contributed by atoms with E-state index in [1.807, 2.05) is 26.2 Å². The van der Waals surface area contributed by atoms with Gasteiger partial charge >= 0.3 is 0 Å². The zero-order valence-electron chi connectivity index (χ0n) is 8.72. The maximum absolute atomic E-state index is 13.5. The minimum atomic E-state index is -0.152. The first-order valence-corrected chi connectivity index (χ1v) is 5.52. The van der Waals surface area contributed by atoms with Crippen molar-refractivity contribution >= 4 is 21.6 Å². The molecular weight excluding hydrogens is 245 g/mol. The van der Waals surface area contributed by atoms with Crippen molar-refractivity contribution in [1.29, 1.82) is 0 Å². The molecule has 1 nitrogen and oxygen atoms in total. The van der Waals surface area contributed by atoms with Crippen molar-refractivity contribution in [1.82, 2.24) is 0 Å². The number of rotatable bonds is 3. The molecule has 1 aromatic rings. The molecule has 3 heteroatoms. The van der Waals surface area contributed by atoms with Crippen LogP contribution >= 0.6 is 15.9 Å². The van der Waals surface area contributed by atoms with Crippen molar-refractivity contribution in [2.45, 2.75) is 18.2 Å². The Balaban J connectivity index is 2.89. The van der Waals surface area contributed by atoms with Gasteiger partial charge in [-0.15, -0.1) is 0 Å². The smallest absolute Gasteiger partial charge is 0.146 e. The van der Waals surface area contributed by atoms with Crippen molar-refractivity contribution in [2.24, 2.45) is 0 Å². The Morgan fingerprint density at radius 1 is 1.43 bits per heavy atom. The fraction of sp³-hybridized carbons (Fsp3) is 0.455. The molecule has 0 aliphatic heterocycles. The summed E-state index contributed by atoms with van der Waals surface area (Å²) in [5.74, 6) is -0.152. The van der Waals surface area contributed by atoms with Crippen LogP contribution in [0.4, 0.5) is 10.1 Å². The van der Waals surface area contributed by atoms with Gasteiger partial charge in [0.1, 0.15) is 5.82 Å². The van der Waals surface area contributed by atoms with Gasteiger partial charge in [0.2, 0.25) is 0 Å². The Labute approximate surface area is 93.0 Å². The van der Waals surface area contributed by atoms with Crippen molar-refractivity contribution in [2.75, 3.05) is 19.0 Å². The van der Waals surface area contributed by atoms with E-state index in [0.717, 1.165) is 12.0 Å². The van der Waals surface area contributed by atoms with E-state index in [0.29, 0.717) is 10.5 Å². The molecule has 0 amide bonds. The third kappa shape index (κ3) is 2.98. The highest BCUT2D eigenvalue weighted by atomic mass is 79.9. The topological polar surface area (TPSA) is 3.24 Å². The van der Waals surface area contributed by atoms with Gasteiger partial charge in [-0.2, -0.15) is 0 Å². The fourth-order valence-corrected chi connectivity index (χ4v) is 1.74. The Morgan fingerprint density at radius 3 is 2.50 bits per heavy atom. The summed E-state index contributed by atoms with van der Waals surface area (Å²) in [6.07, 6.45) is 0.852. The molecular formula is C11H15BrFN. The monoisotopic (exact) mass is 259 g/mol.